The van der Waals surface area contributed by atoms with Gasteiger partial charge >= 0.3 is 0 Å². The zero-order valence-corrected chi connectivity index (χ0v) is 11.1. The molecule has 0 fully saturated rings. The third-order valence-corrected chi connectivity index (χ3v) is 3.77. The van der Waals surface area contributed by atoms with E-state index < -0.39 is 5.24 Å². The zero-order valence-electron chi connectivity index (χ0n) is 9.51. The van der Waals surface area contributed by atoms with E-state index in [0.29, 0.717) is 5.56 Å². The molecule has 0 unspecified atom stereocenters. The van der Waals surface area contributed by atoms with Crippen LogP contribution in [0.25, 0.3) is 10.9 Å². The molecule has 94 valence electrons. The number of hydrogen-bond acceptors (Lipinski definition) is 4. The van der Waals surface area contributed by atoms with E-state index in [1.165, 1.54) is 5.38 Å². The second kappa shape index (κ2) is 4.60. The van der Waals surface area contributed by atoms with Crippen LogP contribution in [-0.2, 0) is 0 Å². The van der Waals surface area contributed by atoms with Crippen LogP contribution >= 0.6 is 22.9 Å². The number of nitrogens with zero attached hydrogens (tertiary/aromatic N) is 1. The quantitative estimate of drug-likeness (QED) is 0.595. The molecule has 3 aromatic rings. The fourth-order valence-electron chi connectivity index (χ4n) is 1.84. The Bertz CT molecular complexity index is 791. The highest BCUT2D eigenvalue weighted by atomic mass is 35.5. The van der Waals surface area contributed by atoms with Crippen molar-refractivity contribution in [3.8, 4) is 0 Å². The first kappa shape index (κ1) is 12.1. The minimum Gasteiger partial charge on any atom is -0.360 e. The Hall–Kier alpha value is -1.98. The summed E-state index contributed by atoms with van der Waals surface area (Å²) in [6, 6.07) is 7.51. The van der Waals surface area contributed by atoms with Crippen LogP contribution in [0.1, 0.15) is 25.9 Å². The standard InChI is InChI=1S/C13H7ClN2O2S/c14-12(18)10-6-19-13(16-10)11(17)8-5-15-9-4-2-1-3-7(8)9/h1-6,15H. The molecule has 0 aliphatic carbocycles. The van der Waals surface area contributed by atoms with Crippen LogP contribution in [0.5, 0.6) is 0 Å². The van der Waals surface area contributed by atoms with E-state index in [9.17, 15) is 9.59 Å². The molecule has 0 saturated heterocycles. The van der Waals surface area contributed by atoms with E-state index in [0.717, 1.165) is 22.2 Å². The maximum Gasteiger partial charge on any atom is 0.271 e. The number of fused-ring (bicyclic) bond motifs is 1. The first-order chi connectivity index (χ1) is 9.16. The number of para-hydroxylation sites is 1. The summed E-state index contributed by atoms with van der Waals surface area (Å²) in [6.45, 7) is 0. The fraction of sp³-hybridized carbons (Fsp3) is 0. The van der Waals surface area contributed by atoms with Crippen molar-refractivity contribution < 1.29 is 9.59 Å². The first-order valence-corrected chi connectivity index (χ1v) is 6.69. The molecule has 2 aromatic heterocycles. The van der Waals surface area contributed by atoms with Crippen LogP contribution in [0.4, 0.5) is 0 Å². The summed E-state index contributed by atoms with van der Waals surface area (Å²) in [5, 5.41) is 1.92. The molecular weight excluding hydrogens is 284 g/mol. The Morgan fingerprint density at radius 3 is 2.79 bits per heavy atom. The lowest BCUT2D eigenvalue weighted by Crippen LogP contribution is -2.00. The molecule has 3 rings (SSSR count). The summed E-state index contributed by atoms with van der Waals surface area (Å²) in [5.41, 5.74) is 1.53. The molecule has 4 nitrogen and oxygen atoms in total. The maximum atomic E-state index is 12.3. The summed E-state index contributed by atoms with van der Waals surface area (Å²) >= 11 is 6.44. The van der Waals surface area contributed by atoms with Crippen molar-refractivity contribution in [2.24, 2.45) is 0 Å². The number of aromatic nitrogens is 2. The van der Waals surface area contributed by atoms with Gasteiger partial charge in [-0.15, -0.1) is 11.3 Å². The molecule has 0 aliphatic heterocycles. The van der Waals surface area contributed by atoms with Gasteiger partial charge < -0.3 is 4.98 Å². The molecule has 1 N–H and O–H groups in total. The van der Waals surface area contributed by atoms with E-state index in [1.807, 2.05) is 24.3 Å². The highest BCUT2D eigenvalue weighted by molar-refractivity contribution is 7.12. The Labute approximate surface area is 117 Å². The number of carbonyl (C=O) groups excluding carboxylic acids is 2. The lowest BCUT2D eigenvalue weighted by molar-refractivity contribution is 0.104. The van der Waals surface area contributed by atoms with Gasteiger partial charge in [-0.25, -0.2) is 4.98 Å². The summed E-state index contributed by atoms with van der Waals surface area (Å²) in [5.74, 6) is -0.216. The van der Waals surface area contributed by atoms with E-state index in [1.54, 1.807) is 6.20 Å². The molecule has 0 radical (unpaired) electrons. The predicted octanol–water partition coefficient (Wildman–Crippen LogP) is 3.23. The highest BCUT2D eigenvalue weighted by Crippen LogP contribution is 2.22. The molecule has 0 atom stereocenters. The number of hydrogen-bond donors (Lipinski definition) is 1. The molecule has 2 heterocycles. The minimum atomic E-state index is -0.658. The third-order valence-electron chi connectivity index (χ3n) is 2.73. The van der Waals surface area contributed by atoms with Crippen molar-refractivity contribution in [2.75, 3.05) is 0 Å². The molecule has 0 amide bonds. The molecule has 0 bridgehead atoms. The predicted molar refractivity (Wildman–Crippen MR) is 74.0 cm³/mol. The van der Waals surface area contributed by atoms with E-state index in [4.69, 9.17) is 11.6 Å². The number of nitrogens with one attached hydrogen (secondary N) is 1. The van der Waals surface area contributed by atoms with Crippen molar-refractivity contribution in [2.45, 2.75) is 0 Å². The Morgan fingerprint density at radius 1 is 1.26 bits per heavy atom. The first-order valence-electron chi connectivity index (χ1n) is 5.43. The average molecular weight is 291 g/mol. The van der Waals surface area contributed by atoms with Gasteiger partial charge in [0.15, 0.2) is 5.01 Å². The van der Waals surface area contributed by atoms with Gasteiger partial charge in [0.2, 0.25) is 5.78 Å². The van der Waals surface area contributed by atoms with Crippen molar-refractivity contribution in [1.82, 2.24) is 9.97 Å². The lowest BCUT2D eigenvalue weighted by Gasteiger charge is -1.94. The van der Waals surface area contributed by atoms with Crippen LogP contribution in [0.15, 0.2) is 35.8 Å². The monoisotopic (exact) mass is 290 g/mol. The SMILES string of the molecule is O=C(Cl)c1csc(C(=O)c2c[nH]c3ccccc23)n1. The summed E-state index contributed by atoms with van der Waals surface area (Å²) in [7, 11) is 0. The number of H-pyrrole nitrogens is 1. The Kier molecular flexibility index (Phi) is 2.93. The third kappa shape index (κ3) is 2.07. The van der Waals surface area contributed by atoms with E-state index in [-0.39, 0.29) is 16.5 Å². The summed E-state index contributed by atoms with van der Waals surface area (Å²) < 4.78 is 0. The van der Waals surface area contributed by atoms with Crippen LogP contribution in [0.3, 0.4) is 0 Å². The number of benzene rings is 1. The van der Waals surface area contributed by atoms with Crippen LogP contribution in [-0.4, -0.2) is 21.0 Å². The Morgan fingerprint density at radius 2 is 2.05 bits per heavy atom. The second-order valence-corrected chi connectivity index (χ2v) is 5.09. The number of thiazole rings is 1. The number of ketones is 1. The van der Waals surface area contributed by atoms with Crippen LogP contribution < -0.4 is 0 Å². The molecule has 1 aromatic carbocycles. The average Bonchev–Trinajstić information content (AvgIpc) is 3.05. The normalized spacial score (nSPS) is 10.8. The minimum absolute atomic E-state index is 0.106. The highest BCUT2D eigenvalue weighted by Gasteiger charge is 2.18. The molecule has 19 heavy (non-hydrogen) atoms. The van der Waals surface area contributed by atoms with Gasteiger partial charge in [-0.05, 0) is 17.7 Å². The number of carbonyl (C=O) groups is 2. The lowest BCUT2D eigenvalue weighted by atomic mass is 10.1. The summed E-state index contributed by atoms with van der Waals surface area (Å²) in [4.78, 5) is 30.3. The topological polar surface area (TPSA) is 62.8 Å². The second-order valence-electron chi connectivity index (χ2n) is 3.89. The van der Waals surface area contributed by atoms with Gasteiger partial charge in [-0.3, -0.25) is 9.59 Å². The molecule has 0 aliphatic rings. The molecule has 0 spiro atoms. The van der Waals surface area contributed by atoms with Crippen molar-refractivity contribution >= 4 is 44.9 Å². The van der Waals surface area contributed by atoms with Gasteiger partial charge in [-0.2, -0.15) is 0 Å². The van der Waals surface area contributed by atoms with Gasteiger partial charge in [0.25, 0.3) is 5.24 Å². The van der Waals surface area contributed by atoms with Crippen LogP contribution in [0.2, 0.25) is 0 Å². The van der Waals surface area contributed by atoms with Gasteiger partial charge in [-0.1, -0.05) is 18.2 Å². The molecule has 0 saturated carbocycles. The molecular formula is C13H7ClN2O2S. The molecule has 6 heteroatoms. The van der Waals surface area contributed by atoms with Gasteiger partial charge in [0.05, 0.1) is 5.56 Å². The van der Waals surface area contributed by atoms with Crippen molar-refractivity contribution in [3.05, 3.63) is 52.1 Å². The number of aromatic amines is 1. The fourth-order valence-corrected chi connectivity index (χ4v) is 2.76. The van der Waals surface area contributed by atoms with Crippen LogP contribution in [0, 0.1) is 0 Å². The summed E-state index contributed by atoms with van der Waals surface area (Å²) in [6.07, 6.45) is 1.65. The Balaban J connectivity index is 2.05. The van der Waals surface area contributed by atoms with Gasteiger partial charge in [0, 0.05) is 22.5 Å². The maximum absolute atomic E-state index is 12.3. The number of rotatable bonds is 3. The largest absolute Gasteiger partial charge is 0.360 e. The van der Waals surface area contributed by atoms with E-state index in [2.05, 4.69) is 9.97 Å². The van der Waals surface area contributed by atoms with Crippen molar-refractivity contribution in [1.29, 1.82) is 0 Å². The smallest absolute Gasteiger partial charge is 0.271 e. The van der Waals surface area contributed by atoms with E-state index >= 15 is 0 Å². The van der Waals surface area contributed by atoms with Crippen molar-refractivity contribution in [3.63, 3.8) is 0 Å². The zero-order chi connectivity index (χ0) is 13.4. The van der Waals surface area contributed by atoms with Gasteiger partial charge in [0.1, 0.15) is 5.69 Å². The number of halogens is 1.